The van der Waals surface area contributed by atoms with Crippen LogP contribution in [0.4, 0.5) is 0 Å². The molecule has 0 aliphatic carbocycles. The van der Waals surface area contributed by atoms with Crippen molar-refractivity contribution in [2.45, 2.75) is 9.79 Å². The van der Waals surface area contributed by atoms with Gasteiger partial charge in [0.1, 0.15) is 0 Å². The summed E-state index contributed by atoms with van der Waals surface area (Å²) in [6.45, 7) is 0. The van der Waals surface area contributed by atoms with Crippen molar-refractivity contribution in [3.05, 3.63) is 96.1 Å². The van der Waals surface area contributed by atoms with Gasteiger partial charge in [0, 0.05) is 20.9 Å². The lowest BCUT2D eigenvalue weighted by molar-refractivity contribution is 0.103. The molecule has 0 amide bonds. The van der Waals surface area contributed by atoms with Crippen LogP contribution < -0.4 is 0 Å². The number of ketones is 1. The van der Waals surface area contributed by atoms with Crippen LogP contribution in [0.3, 0.4) is 0 Å². The second-order valence-electron chi connectivity index (χ2n) is 4.52. The number of carbonyl (C=O) groups excluding carboxylic acids is 1. The van der Waals surface area contributed by atoms with Crippen molar-refractivity contribution in [2.24, 2.45) is 0 Å². The molecule has 1 radical (unpaired) electrons. The first-order valence-corrected chi connectivity index (χ1v) is 7.49. The third-order valence-corrected chi connectivity index (χ3v) is 4.11. The maximum atomic E-state index is 12.6. The minimum absolute atomic E-state index is 0.0332. The van der Waals surface area contributed by atoms with Gasteiger partial charge in [-0.15, -0.1) is 0 Å². The summed E-state index contributed by atoms with van der Waals surface area (Å²) in [6, 6.07) is 28.1. The monoisotopic (exact) mass is 289 g/mol. The summed E-state index contributed by atoms with van der Waals surface area (Å²) in [7, 11) is 0. The van der Waals surface area contributed by atoms with E-state index in [0.29, 0.717) is 11.1 Å². The van der Waals surface area contributed by atoms with Crippen molar-refractivity contribution >= 4 is 17.5 Å². The lowest BCUT2D eigenvalue weighted by Gasteiger charge is -2.08. The molecule has 0 unspecified atom stereocenters. The molecule has 0 saturated heterocycles. The molecular formula is C19H13OS. The zero-order valence-electron chi connectivity index (χ0n) is 11.3. The van der Waals surface area contributed by atoms with E-state index in [9.17, 15) is 4.79 Å². The Morgan fingerprint density at radius 1 is 0.810 bits per heavy atom. The molecule has 2 heteroatoms. The van der Waals surface area contributed by atoms with E-state index in [4.69, 9.17) is 0 Å². The van der Waals surface area contributed by atoms with Gasteiger partial charge in [0.25, 0.3) is 0 Å². The fraction of sp³-hybridized carbons (Fsp3) is 0. The van der Waals surface area contributed by atoms with E-state index in [0.717, 1.165) is 9.79 Å². The first-order chi connectivity index (χ1) is 10.3. The van der Waals surface area contributed by atoms with Gasteiger partial charge in [0.2, 0.25) is 0 Å². The predicted octanol–water partition coefficient (Wildman–Crippen LogP) is 4.87. The molecule has 0 bridgehead atoms. The van der Waals surface area contributed by atoms with Gasteiger partial charge in [-0.05, 0) is 24.3 Å². The highest BCUT2D eigenvalue weighted by Crippen LogP contribution is 2.30. The van der Waals surface area contributed by atoms with Gasteiger partial charge in [0.15, 0.2) is 5.78 Å². The second kappa shape index (κ2) is 6.42. The fourth-order valence-corrected chi connectivity index (χ4v) is 2.96. The van der Waals surface area contributed by atoms with Crippen molar-refractivity contribution in [1.82, 2.24) is 0 Å². The summed E-state index contributed by atoms with van der Waals surface area (Å²) < 4.78 is 0. The highest BCUT2D eigenvalue weighted by molar-refractivity contribution is 7.99. The molecular weight excluding hydrogens is 276 g/mol. The van der Waals surface area contributed by atoms with Gasteiger partial charge >= 0.3 is 0 Å². The Balaban J connectivity index is 1.95. The maximum absolute atomic E-state index is 12.6. The summed E-state index contributed by atoms with van der Waals surface area (Å²) in [5, 5.41) is 0. The Bertz CT molecular complexity index is 736. The van der Waals surface area contributed by atoms with Crippen LogP contribution in [-0.2, 0) is 0 Å². The molecule has 0 heterocycles. The Hall–Kier alpha value is -2.32. The quantitative estimate of drug-likeness (QED) is 0.637. The summed E-state index contributed by atoms with van der Waals surface area (Å²) in [5.41, 5.74) is 1.39. The highest BCUT2D eigenvalue weighted by atomic mass is 32.2. The largest absolute Gasteiger partial charge is 0.289 e. The van der Waals surface area contributed by atoms with Crippen LogP contribution >= 0.6 is 11.8 Å². The molecule has 101 valence electrons. The SMILES string of the molecule is O=C(c1ccccc1)c1ccc[c]c1Sc1ccccc1. The zero-order chi connectivity index (χ0) is 14.5. The topological polar surface area (TPSA) is 17.1 Å². The van der Waals surface area contributed by atoms with E-state index >= 15 is 0 Å². The van der Waals surface area contributed by atoms with E-state index in [2.05, 4.69) is 6.07 Å². The van der Waals surface area contributed by atoms with Gasteiger partial charge in [-0.25, -0.2) is 0 Å². The van der Waals surface area contributed by atoms with Gasteiger partial charge < -0.3 is 0 Å². The Morgan fingerprint density at radius 3 is 2.19 bits per heavy atom. The molecule has 3 aromatic carbocycles. The predicted molar refractivity (Wildman–Crippen MR) is 85.7 cm³/mol. The molecule has 3 aromatic rings. The normalized spacial score (nSPS) is 10.3. The van der Waals surface area contributed by atoms with E-state index in [1.807, 2.05) is 78.9 Å². The lowest BCUT2D eigenvalue weighted by Crippen LogP contribution is -2.02. The van der Waals surface area contributed by atoms with Gasteiger partial charge in [-0.1, -0.05) is 72.4 Å². The molecule has 3 rings (SSSR count). The lowest BCUT2D eigenvalue weighted by atomic mass is 10.0. The minimum atomic E-state index is 0.0332. The molecule has 0 aliphatic heterocycles. The van der Waals surface area contributed by atoms with Crippen molar-refractivity contribution < 1.29 is 4.79 Å². The first kappa shape index (κ1) is 13.7. The van der Waals surface area contributed by atoms with Crippen LogP contribution in [0.5, 0.6) is 0 Å². The smallest absolute Gasteiger partial charge is 0.194 e. The van der Waals surface area contributed by atoms with E-state index in [-0.39, 0.29) is 5.78 Å². The standard InChI is InChI=1S/C19H13OS/c20-19(15-9-3-1-4-10-15)17-13-7-8-14-18(17)21-16-11-5-2-6-12-16/h1-13H. The van der Waals surface area contributed by atoms with Crippen LogP contribution in [0.1, 0.15) is 15.9 Å². The number of carbonyl (C=O) groups is 1. The second-order valence-corrected chi connectivity index (χ2v) is 5.61. The van der Waals surface area contributed by atoms with Crippen LogP contribution in [0.2, 0.25) is 0 Å². The van der Waals surface area contributed by atoms with Crippen LogP contribution in [0.25, 0.3) is 0 Å². The molecule has 21 heavy (non-hydrogen) atoms. The van der Waals surface area contributed by atoms with Crippen LogP contribution in [-0.4, -0.2) is 5.78 Å². The minimum Gasteiger partial charge on any atom is -0.289 e. The van der Waals surface area contributed by atoms with Gasteiger partial charge in [0.05, 0.1) is 0 Å². The molecule has 0 aromatic heterocycles. The third kappa shape index (κ3) is 3.23. The van der Waals surface area contributed by atoms with Gasteiger partial charge in [-0.3, -0.25) is 4.79 Å². The Morgan fingerprint density at radius 2 is 1.48 bits per heavy atom. The van der Waals surface area contributed by atoms with E-state index in [1.54, 1.807) is 11.8 Å². The number of rotatable bonds is 4. The van der Waals surface area contributed by atoms with Crippen molar-refractivity contribution in [2.75, 3.05) is 0 Å². The molecule has 0 fully saturated rings. The van der Waals surface area contributed by atoms with Crippen LogP contribution in [0.15, 0.2) is 88.7 Å². The number of benzene rings is 3. The van der Waals surface area contributed by atoms with Crippen LogP contribution in [0, 0.1) is 6.07 Å². The average molecular weight is 289 g/mol. The number of hydrogen-bond acceptors (Lipinski definition) is 2. The Labute approximate surface area is 128 Å². The summed E-state index contributed by atoms with van der Waals surface area (Å²) in [4.78, 5) is 14.6. The van der Waals surface area contributed by atoms with E-state index < -0.39 is 0 Å². The van der Waals surface area contributed by atoms with E-state index in [1.165, 1.54) is 0 Å². The first-order valence-electron chi connectivity index (χ1n) is 6.68. The Kier molecular flexibility index (Phi) is 4.17. The molecule has 0 atom stereocenters. The summed E-state index contributed by atoms with van der Waals surface area (Å²) in [6.07, 6.45) is 0. The fourth-order valence-electron chi connectivity index (χ4n) is 2.04. The number of hydrogen-bond donors (Lipinski definition) is 0. The van der Waals surface area contributed by atoms with Crippen molar-refractivity contribution in [3.63, 3.8) is 0 Å². The molecule has 0 saturated carbocycles. The highest BCUT2D eigenvalue weighted by Gasteiger charge is 2.13. The van der Waals surface area contributed by atoms with Crippen molar-refractivity contribution in [1.29, 1.82) is 0 Å². The molecule has 1 nitrogen and oxygen atoms in total. The average Bonchev–Trinajstić information content (AvgIpc) is 2.56. The summed E-state index contributed by atoms with van der Waals surface area (Å²) >= 11 is 1.56. The van der Waals surface area contributed by atoms with Crippen molar-refractivity contribution in [3.8, 4) is 0 Å². The zero-order valence-corrected chi connectivity index (χ0v) is 12.1. The maximum Gasteiger partial charge on any atom is 0.194 e. The molecule has 0 aliphatic rings. The third-order valence-electron chi connectivity index (χ3n) is 3.06. The van der Waals surface area contributed by atoms with Gasteiger partial charge in [-0.2, -0.15) is 0 Å². The molecule has 0 spiro atoms. The summed E-state index contributed by atoms with van der Waals surface area (Å²) in [5.74, 6) is 0.0332. The molecule has 0 N–H and O–H groups in total.